The Bertz CT molecular complexity index is 1140. The van der Waals surface area contributed by atoms with Crippen LogP contribution in [0.1, 0.15) is 65.5 Å². The number of benzene rings is 2. The van der Waals surface area contributed by atoms with Crippen molar-refractivity contribution >= 4 is 29.5 Å². The molecule has 4 bridgehead atoms. The fraction of sp³-hybridized carbons (Fsp3) is 0.500. The van der Waals surface area contributed by atoms with Crippen LogP contribution in [-0.2, 0) is 20.8 Å². The molecule has 0 aliphatic heterocycles. The number of aliphatic imine (C=N–C) groups is 2. The molecule has 0 heterocycles. The number of hydrogen-bond donors (Lipinski definition) is 2. The van der Waals surface area contributed by atoms with Gasteiger partial charge in [0.15, 0.2) is 0 Å². The molecule has 2 aromatic carbocycles. The molecule has 2 aromatic rings. The van der Waals surface area contributed by atoms with Gasteiger partial charge in [-0.15, -0.1) is 0 Å². The molecule has 7 heteroatoms. The van der Waals surface area contributed by atoms with Crippen LogP contribution < -0.4 is 0 Å². The molecule has 4 saturated carbocycles. The van der Waals surface area contributed by atoms with Gasteiger partial charge in [0.2, 0.25) is 0 Å². The van der Waals surface area contributed by atoms with Gasteiger partial charge < -0.3 is 10.2 Å². The molecule has 0 saturated heterocycles. The molecular formula is C28H34Cl2N2O2Zr. The van der Waals surface area contributed by atoms with E-state index in [1.807, 2.05) is 50.5 Å². The monoisotopic (exact) mass is 590 g/mol. The molecule has 3 unspecified atom stereocenters. The van der Waals surface area contributed by atoms with Gasteiger partial charge in [0, 0.05) is 23.6 Å². The number of aryl methyl sites for hydroxylation is 4. The standard InChI is InChI=1S/C28H34N2O2.2ClH.Zr/c1-16-5-18(3)25(31)23(7-16)14-29-27-22-10-20-9-21(11-22)13-28(27,12-20)30-15-24-8-17(2)6-19(4)26(24)32;;;/h5-8,14-15,20-22,27,31-32H,9-13H2,1-4H3;2*1H;/q;;;+2/p-2. The van der Waals surface area contributed by atoms with Crippen LogP contribution in [0.4, 0.5) is 0 Å². The molecule has 2 N–H and O–H groups in total. The molecule has 6 rings (SSSR count). The van der Waals surface area contributed by atoms with E-state index in [4.69, 9.17) is 27.0 Å². The van der Waals surface area contributed by atoms with Crippen LogP contribution in [0.25, 0.3) is 0 Å². The molecule has 186 valence electrons. The van der Waals surface area contributed by atoms with Gasteiger partial charge in [0.25, 0.3) is 0 Å². The predicted molar refractivity (Wildman–Crippen MR) is 142 cm³/mol. The zero-order valence-electron chi connectivity index (χ0n) is 20.9. The number of nitrogens with zero attached hydrogens (tertiary/aromatic N) is 2. The van der Waals surface area contributed by atoms with Crippen molar-refractivity contribution in [2.45, 2.75) is 71.4 Å². The Morgan fingerprint density at radius 1 is 0.829 bits per heavy atom. The summed E-state index contributed by atoms with van der Waals surface area (Å²) in [5, 5.41) is 21.1. The van der Waals surface area contributed by atoms with Crippen LogP contribution in [0.5, 0.6) is 11.5 Å². The van der Waals surface area contributed by atoms with Crippen LogP contribution in [0, 0.1) is 45.4 Å². The molecule has 4 aliphatic rings. The van der Waals surface area contributed by atoms with E-state index >= 15 is 0 Å². The summed E-state index contributed by atoms with van der Waals surface area (Å²) in [5.74, 6) is 2.66. The fourth-order valence-electron chi connectivity index (χ4n) is 6.95. The summed E-state index contributed by atoms with van der Waals surface area (Å²) < 4.78 is 0. The number of phenols is 2. The van der Waals surface area contributed by atoms with Crippen molar-refractivity contribution in [2.24, 2.45) is 27.7 Å². The Kier molecular flexibility index (Phi) is 8.51. The van der Waals surface area contributed by atoms with Crippen LogP contribution in [-0.4, -0.2) is 34.2 Å². The van der Waals surface area contributed by atoms with Crippen molar-refractivity contribution in [1.82, 2.24) is 0 Å². The number of rotatable bonds is 4. The predicted octanol–water partition coefficient (Wildman–Crippen LogP) is 7.19. The summed E-state index contributed by atoms with van der Waals surface area (Å²) in [6, 6.07) is 8.14. The molecule has 0 spiro atoms. The van der Waals surface area contributed by atoms with Gasteiger partial charge >= 0.3 is 37.9 Å². The van der Waals surface area contributed by atoms with E-state index in [0.717, 1.165) is 58.1 Å². The first-order valence-electron chi connectivity index (χ1n) is 12.3. The molecule has 35 heavy (non-hydrogen) atoms. The van der Waals surface area contributed by atoms with Crippen molar-refractivity contribution in [3.8, 4) is 11.5 Å². The Balaban J connectivity index is 0.000000917. The number of aromatic hydroxyl groups is 2. The summed E-state index contributed by atoms with van der Waals surface area (Å²) in [5.41, 5.74) is 5.42. The molecular weight excluding hydrogens is 558 g/mol. The Labute approximate surface area is 227 Å². The fourth-order valence-corrected chi connectivity index (χ4v) is 6.95. The maximum atomic E-state index is 10.6. The maximum absolute atomic E-state index is 10.6. The minimum absolute atomic E-state index is 0.125. The minimum atomic E-state index is -0.826. The van der Waals surface area contributed by atoms with Crippen molar-refractivity contribution < 1.29 is 31.1 Å². The van der Waals surface area contributed by atoms with E-state index in [2.05, 4.69) is 13.8 Å². The zero-order valence-corrected chi connectivity index (χ0v) is 24.8. The van der Waals surface area contributed by atoms with Gasteiger partial charge in [0.05, 0.1) is 11.6 Å². The molecule has 3 atom stereocenters. The van der Waals surface area contributed by atoms with Gasteiger partial charge in [-0.3, -0.25) is 9.98 Å². The normalized spacial score (nSPS) is 29.0. The van der Waals surface area contributed by atoms with Gasteiger partial charge in [-0.25, -0.2) is 0 Å². The molecule has 0 aromatic heterocycles. The van der Waals surface area contributed by atoms with Crippen LogP contribution >= 0.6 is 17.0 Å². The zero-order chi connectivity index (χ0) is 25.3. The average Bonchev–Trinajstić information content (AvgIpc) is 2.78. The van der Waals surface area contributed by atoms with E-state index in [1.165, 1.54) is 19.3 Å². The number of halogens is 2. The van der Waals surface area contributed by atoms with Crippen LogP contribution in [0.3, 0.4) is 0 Å². The molecule has 4 aliphatic carbocycles. The first-order valence-corrected chi connectivity index (χ1v) is 18.6. The van der Waals surface area contributed by atoms with Crippen LogP contribution in [0.15, 0.2) is 34.3 Å². The van der Waals surface area contributed by atoms with Crippen molar-refractivity contribution in [3.05, 3.63) is 57.6 Å². The van der Waals surface area contributed by atoms with Crippen molar-refractivity contribution in [3.63, 3.8) is 0 Å². The van der Waals surface area contributed by atoms with E-state index in [9.17, 15) is 10.2 Å². The number of phenolic OH excluding ortho intramolecular Hbond substituents is 2. The van der Waals surface area contributed by atoms with E-state index < -0.39 is 20.8 Å². The Morgan fingerprint density at radius 2 is 1.31 bits per heavy atom. The van der Waals surface area contributed by atoms with Crippen LogP contribution in [0.2, 0.25) is 0 Å². The second-order valence-corrected chi connectivity index (χ2v) is 14.5. The summed E-state index contributed by atoms with van der Waals surface area (Å²) in [6.45, 7) is 7.98. The summed E-state index contributed by atoms with van der Waals surface area (Å²) in [7, 11) is 9.87. The molecule has 4 nitrogen and oxygen atoms in total. The van der Waals surface area contributed by atoms with E-state index in [-0.39, 0.29) is 11.6 Å². The topological polar surface area (TPSA) is 65.2 Å². The third kappa shape index (κ3) is 5.73. The third-order valence-electron chi connectivity index (χ3n) is 8.00. The molecule has 4 fully saturated rings. The molecule has 0 radical (unpaired) electrons. The quantitative estimate of drug-likeness (QED) is 0.369. The first kappa shape index (κ1) is 26.9. The summed E-state index contributed by atoms with van der Waals surface area (Å²) >= 11 is -0.826. The van der Waals surface area contributed by atoms with Crippen molar-refractivity contribution in [1.29, 1.82) is 0 Å². The van der Waals surface area contributed by atoms with Crippen molar-refractivity contribution in [2.75, 3.05) is 0 Å². The van der Waals surface area contributed by atoms with E-state index in [1.54, 1.807) is 0 Å². The average molecular weight is 593 g/mol. The van der Waals surface area contributed by atoms with Gasteiger partial charge in [-0.1, -0.05) is 12.1 Å². The SMILES string of the molecule is Cc1cc(C)c(O)c(C=NC2C3CC4CC(C3)CC2(N=Cc2cc(C)cc(C)c2O)C4)c1.[Cl][Zr][Cl]. The summed E-state index contributed by atoms with van der Waals surface area (Å²) in [6.07, 6.45) is 9.74. The Morgan fingerprint density at radius 3 is 1.83 bits per heavy atom. The van der Waals surface area contributed by atoms with Gasteiger partial charge in [-0.05, 0) is 112 Å². The third-order valence-corrected chi connectivity index (χ3v) is 8.00. The number of hydrogen-bond acceptors (Lipinski definition) is 4. The van der Waals surface area contributed by atoms with Gasteiger partial charge in [0.1, 0.15) is 11.5 Å². The summed E-state index contributed by atoms with van der Waals surface area (Å²) in [4.78, 5) is 10.3. The van der Waals surface area contributed by atoms with Gasteiger partial charge in [-0.2, -0.15) is 0 Å². The second-order valence-electron chi connectivity index (χ2n) is 10.8. The molecule has 0 amide bonds. The first-order chi connectivity index (χ1) is 16.7. The van der Waals surface area contributed by atoms with E-state index in [0.29, 0.717) is 17.4 Å². The Hall–Kier alpha value is -1.16. The second kappa shape index (κ2) is 11.1.